The highest BCUT2D eigenvalue weighted by Gasteiger charge is 2.23. The lowest BCUT2D eigenvalue weighted by molar-refractivity contribution is 0.352. The maximum Gasteiger partial charge on any atom is 0.0468 e. The van der Waals surface area contributed by atoms with Gasteiger partial charge in [0.15, 0.2) is 0 Å². The zero-order valence-electron chi connectivity index (χ0n) is 11.0. The van der Waals surface area contributed by atoms with Crippen molar-refractivity contribution in [1.29, 1.82) is 0 Å². The van der Waals surface area contributed by atoms with Gasteiger partial charge in [0, 0.05) is 22.1 Å². The van der Waals surface area contributed by atoms with Gasteiger partial charge in [-0.05, 0) is 50.3 Å². The summed E-state index contributed by atoms with van der Waals surface area (Å²) in [5, 5.41) is 5.12. The van der Waals surface area contributed by atoms with E-state index in [0.29, 0.717) is 11.1 Å². The van der Waals surface area contributed by atoms with Crippen LogP contribution in [0.25, 0.3) is 0 Å². The first-order valence-electron chi connectivity index (χ1n) is 6.79. The fourth-order valence-corrected chi connectivity index (χ4v) is 3.50. The summed E-state index contributed by atoms with van der Waals surface area (Å²) in [6.07, 6.45) is 5.48. The van der Waals surface area contributed by atoms with Crippen LogP contribution in [0.1, 0.15) is 51.1 Å². The van der Waals surface area contributed by atoms with Crippen molar-refractivity contribution in [3.8, 4) is 0 Å². The minimum absolute atomic E-state index is 0.269. The zero-order chi connectivity index (χ0) is 13.1. The van der Waals surface area contributed by atoms with Crippen LogP contribution < -0.4 is 5.32 Å². The first-order valence-corrected chi connectivity index (χ1v) is 7.54. The molecule has 1 aliphatic rings. The van der Waals surface area contributed by atoms with Gasteiger partial charge >= 0.3 is 0 Å². The van der Waals surface area contributed by atoms with Gasteiger partial charge in [-0.1, -0.05) is 42.1 Å². The molecule has 0 heterocycles. The molecule has 0 aromatic heterocycles. The van der Waals surface area contributed by atoms with Crippen molar-refractivity contribution in [2.24, 2.45) is 5.92 Å². The molecule has 3 heteroatoms. The second-order valence-electron chi connectivity index (χ2n) is 5.39. The molecule has 1 nitrogen and oxygen atoms in total. The number of nitrogens with one attached hydrogen (secondary N) is 1. The maximum absolute atomic E-state index is 6.24. The minimum Gasteiger partial charge on any atom is -0.307 e. The first kappa shape index (κ1) is 14.2. The van der Waals surface area contributed by atoms with E-state index in [1.807, 2.05) is 18.2 Å². The van der Waals surface area contributed by atoms with Gasteiger partial charge in [0.2, 0.25) is 0 Å². The number of hydrogen-bond acceptors (Lipinski definition) is 1. The average molecular weight is 286 g/mol. The number of rotatable bonds is 4. The molecule has 0 bridgehead atoms. The summed E-state index contributed by atoms with van der Waals surface area (Å²) >= 11 is 12.2. The standard InChI is InChI=1S/C15H21Cl2N/c1-10(12-5-3-4-6-12)18-11(2)14-8-7-13(16)9-15(14)17/h7-12,18H,3-6H2,1-2H3/t10-,11?/m1/s1. The smallest absolute Gasteiger partial charge is 0.0468 e. The van der Waals surface area contributed by atoms with Gasteiger partial charge in [-0.15, -0.1) is 0 Å². The topological polar surface area (TPSA) is 12.0 Å². The van der Waals surface area contributed by atoms with E-state index in [0.717, 1.165) is 16.5 Å². The third kappa shape index (κ3) is 3.40. The van der Waals surface area contributed by atoms with Crippen LogP contribution in [-0.4, -0.2) is 6.04 Å². The second kappa shape index (κ2) is 6.27. The van der Waals surface area contributed by atoms with Crippen molar-refractivity contribution in [3.63, 3.8) is 0 Å². The molecule has 100 valence electrons. The first-order chi connectivity index (χ1) is 8.58. The van der Waals surface area contributed by atoms with Crippen LogP contribution >= 0.6 is 23.2 Å². The molecular weight excluding hydrogens is 265 g/mol. The van der Waals surface area contributed by atoms with Crippen molar-refractivity contribution >= 4 is 23.2 Å². The van der Waals surface area contributed by atoms with E-state index in [1.54, 1.807) is 0 Å². The van der Waals surface area contributed by atoms with E-state index < -0.39 is 0 Å². The SMILES string of the molecule is CC(N[C@H](C)C1CCCC1)c1ccc(Cl)cc1Cl. The Labute approximate surface area is 120 Å². The van der Waals surface area contributed by atoms with Crippen LogP contribution in [0.2, 0.25) is 10.0 Å². The van der Waals surface area contributed by atoms with E-state index in [9.17, 15) is 0 Å². The summed E-state index contributed by atoms with van der Waals surface area (Å²) in [6, 6.07) is 6.56. The van der Waals surface area contributed by atoms with E-state index in [4.69, 9.17) is 23.2 Å². The van der Waals surface area contributed by atoms with Gasteiger partial charge < -0.3 is 5.32 Å². The molecule has 1 aromatic carbocycles. The molecule has 1 fully saturated rings. The molecule has 1 aliphatic carbocycles. The Bertz CT molecular complexity index is 399. The maximum atomic E-state index is 6.24. The van der Waals surface area contributed by atoms with Crippen molar-refractivity contribution in [1.82, 2.24) is 5.32 Å². The summed E-state index contributed by atoms with van der Waals surface area (Å²) in [7, 11) is 0. The molecule has 1 aromatic rings. The van der Waals surface area contributed by atoms with Gasteiger partial charge in [0.25, 0.3) is 0 Å². The van der Waals surface area contributed by atoms with Crippen molar-refractivity contribution < 1.29 is 0 Å². The van der Waals surface area contributed by atoms with E-state index in [1.165, 1.54) is 25.7 Å². The predicted octanol–water partition coefficient (Wildman–Crippen LogP) is 5.22. The molecule has 0 aliphatic heterocycles. The van der Waals surface area contributed by atoms with Gasteiger partial charge in [-0.3, -0.25) is 0 Å². The van der Waals surface area contributed by atoms with Crippen molar-refractivity contribution in [3.05, 3.63) is 33.8 Å². The normalized spacial score (nSPS) is 20.0. The summed E-state index contributed by atoms with van der Waals surface area (Å²) in [5.74, 6) is 0.818. The average Bonchev–Trinajstić information content (AvgIpc) is 2.81. The third-order valence-electron chi connectivity index (χ3n) is 4.05. The highest BCUT2D eigenvalue weighted by atomic mass is 35.5. The molecular formula is C15H21Cl2N. The van der Waals surface area contributed by atoms with Crippen LogP contribution in [0.5, 0.6) is 0 Å². The van der Waals surface area contributed by atoms with Gasteiger partial charge in [0.1, 0.15) is 0 Å². The van der Waals surface area contributed by atoms with Crippen LogP contribution in [-0.2, 0) is 0 Å². The quantitative estimate of drug-likeness (QED) is 0.799. The second-order valence-corrected chi connectivity index (χ2v) is 6.23. The van der Waals surface area contributed by atoms with Gasteiger partial charge in [-0.2, -0.15) is 0 Å². The molecule has 0 radical (unpaired) electrons. The van der Waals surface area contributed by atoms with E-state index in [2.05, 4.69) is 19.2 Å². The fourth-order valence-electron chi connectivity index (χ4n) is 2.93. The van der Waals surface area contributed by atoms with Crippen LogP contribution in [0.15, 0.2) is 18.2 Å². The molecule has 18 heavy (non-hydrogen) atoms. The van der Waals surface area contributed by atoms with Crippen molar-refractivity contribution in [2.75, 3.05) is 0 Å². The molecule has 1 unspecified atom stereocenters. The highest BCUT2D eigenvalue weighted by Crippen LogP contribution is 2.30. The zero-order valence-corrected chi connectivity index (χ0v) is 12.6. The van der Waals surface area contributed by atoms with E-state index >= 15 is 0 Å². The van der Waals surface area contributed by atoms with E-state index in [-0.39, 0.29) is 6.04 Å². The van der Waals surface area contributed by atoms with Gasteiger partial charge in [0.05, 0.1) is 0 Å². The lowest BCUT2D eigenvalue weighted by Gasteiger charge is -2.25. The predicted molar refractivity (Wildman–Crippen MR) is 79.4 cm³/mol. The molecule has 0 saturated heterocycles. The van der Waals surface area contributed by atoms with Crippen LogP contribution in [0.3, 0.4) is 0 Å². The Balaban J connectivity index is 2.00. The number of halogens is 2. The fraction of sp³-hybridized carbons (Fsp3) is 0.600. The molecule has 1 saturated carbocycles. The molecule has 0 amide bonds. The largest absolute Gasteiger partial charge is 0.307 e. The molecule has 2 atom stereocenters. The van der Waals surface area contributed by atoms with Crippen LogP contribution in [0, 0.1) is 5.92 Å². The lowest BCUT2D eigenvalue weighted by atomic mass is 9.98. The molecule has 1 N–H and O–H groups in total. The Morgan fingerprint density at radius 2 is 1.83 bits per heavy atom. The summed E-state index contributed by atoms with van der Waals surface area (Å²) in [4.78, 5) is 0. The summed E-state index contributed by atoms with van der Waals surface area (Å²) < 4.78 is 0. The lowest BCUT2D eigenvalue weighted by Crippen LogP contribution is -2.34. The Morgan fingerprint density at radius 3 is 2.44 bits per heavy atom. The minimum atomic E-state index is 0.269. The Morgan fingerprint density at radius 1 is 1.17 bits per heavy atom. The Hall–Kier alpha value is -0.240. The molecule has 0 spiro atoms. The summed E-state index contributed by atoms with van der Waals surface area (Å²) in [5.41, 5.74) is 1.13. The van der Waals surface area contributed by atoms with Gasteiger partial charge in [-0.25, -0.2) is 0 Å². The number of hydrogen-bond donors (Lipinski definition) is 1. The monoisotopic (exact) mass is 285 g/mol. The Kier molecular flexibility index (Phi) is 4.94. The number of benzene rings is 1. The summed E-state index contributed by atoms with van der Waals surface area (Å²) in [6.45, 7) is 4.46. The highest BCUT2D eigenvalue weighted by molar-refractivity contribution is 6.35. The molecule has 2 rings (SSSR count). The van der Waals surface area contributed by atoms with Crippen LogP contribution in [0.4, 0.5) is 0 Å². The van der Waals surface area contributed by atoms with Crippen molar-refractivity contribution in [2.45, 2.75) is 51.6 Å². The third-order valence-corrected chi connectivity index (χ3v) is 4.61.